The average Bonchev–Trinajstić information content (AvgIpc) is 3.29. The quantitative estimate of drug-likeness (QED) is 0.436. The molecule has 0 aliphatic rings. The fourth-order valence-electron chi connectivity index (χ4n) is 2.70. The number of amides is 1. The highest BCUT2D eigenvalue weighted by Crippen LogP contribution is 2.29. The van der Waals surface area contributed by atoms with Gasteiger partial charge < -0.3 is 4.52 Å². The van der Waals surface area contributed by atoms with Gasteiger partial charge in [0.2, 0.25) is 0 Å². The van der Waals surface area contributed by atoms with E-state index >= 15 is 0 Å². The summed E-state index contributed by atoms with van der Waals surface area (Å²) >= 11 is 4.83. The Morgan fingerprint density at radius 3 is 2.67 bits per heavy atom. The van der Waals surface area contributed by atoms with E-state index in [4.69, 9.17) is 4.52 Å². The molecule has 0 aliphatic carbocycles. The smallest absolute Gasteiger partial charge is 0.263 e. The summed E-state index contributed by atoms with van der Waals surface area (Å²) in [5, 5.41) is 9.35. The van der Waals surface area contributed by atoms with Gasteiger partial charge in [-0.1, -0.05) is 63.6 Å². The summed E-state index contributed by atoms with van der Waals surface area (Å²) in [6, 6.07) is 17.3. The minimum absolute atomic E-state index is 0.289. The molecule has 134 valence electrons. The molecule has 0 atom stereocenters. The summed E-state index contributed by atoms with van der Waals surface area (Å²) in [5.41, 5.74) is 3.55. The van der Waals surface area contributed by atoms with Crippen molar-refractivity contribution in [3.05, 3.63) is 75.8 Å². The van der Waals surface area contributed by atoms with Gasteiger partial charge in [-0.15, -0.1) is 11.3 Å². The van der Waals surface area contributed by atoms with E-state index in [-0.39, 0.29) is 5.91 Å². The van der Waals surface area contributed by atoms with Crippen molar-refractivity contribution in [2.75, 3.05) is 5.32 Å². The van der Waals surface area contributed by atoms with Crippen molar-refractivity contribution in [2.24, 2.45) is 0 Å². The molecule has 0 saturated carbocycles. The lowest BCUT2D eigenvalue weighted by Crippen LogP contribution is -2.13. The second-order valence-electron chi connectivity index (χ2n) is 5.83. The van der Waals surface area contributed by atoms with Crippen LogP contribution in [0.25, 0.3) is 22.5 Å². The van der Waals surface area contributed by atoms with Crippen LogP contribution in [0.4, 0.5) is 5.13 Å². The van der Waals surface area contributed by atoms with Gasteiger partial charge in [0.1, 0.15) is 17.0 Å². The Morgan fingerprint density at radius 2 is 1.89 bits per heavy atom. The molecule has 0 spiro atoms. The van der Waals surface area contributed by atoms with Gasteiger partial charge in [-0.25, -0.2) is 4.98 Å². The zero-order chi connectivity index (χ0) is 18.8. The minimum atomic E-state index is -0.289. The molecular formula is C20H14BrN3O2S. The number of hydrogen-bond donors (Lipinski definition) is 1. The van der Waals surface area contributed by atoms with Crippen LogP contribution >= 0.6 is 27.3 Å². The van der Waals surface area contributed by atoms with Gasteiger partial charge in [-0.3, -0.25) is 10.1 Å². The highest BCUT2D eigenvalue weighted by molar-refractivity contribution is 9.10. The molecule has 0 aliphatic heterocycles. The number of benzene rings is 2. The van der Waals surface area contributed by atoms with Crippen molar-refractivity contribution in [1.82, 2.24) is 10.1 Å². The van der Waals surface area contributed by atoms with Gasteiger partial charge >= 0.3 is 0 Å². The number of nitrogens with one attached hydrogen (secondary N) is 1. The first kappa shape index (κ1) is 17.6. The summed E-state index contributed by atoms with van der Waals surface area (Å²) in [6.45, 7) is 1.73. The second kappa shape index (κ2) is 7.46. The summed E-state index contributed by atoms with van der Waals surface area (Å²) in [5.74, 6) is 0.179. The molecule has 4 rings (SSSR count). The molecule has 0 bridgehead atoms. The van der Waals surface area contributed by atoms with Crippen molar-refractivity contribution in [3.63, 3.8) is 0 Å². The van der Waals surface area contributed by atoms with Crippen molar-refractivity contribution in [2.45, 2.75) is 6.92 Å². The van der Waals surface area contributed by atoms with Crippen LogP contribution in [-0.4, -0.2) is 16.0 Å². The lowest BCUT2D eigenvalue weighted by Gasteiger charge is -2.03. The van der Waals surface area contributed by atoms with Crippen LogP contribution in [0.3, 0.4) is 0 Å². The van der Waals surface area contributed by atoms with Gasteiger partial charge in [0.25, 0.3) is 5.91 Å². The predicted molar refractivity (Wildman–Crippen MR) is 110 cm³/mol. The number of nitrogens with zero attached hydrogens (tertiary/aromatic N) is 2. The number of carbonyl (C=O) groups excluding carboxylic acids is 1. The first-order valence-corrected chi connectivity index (χ1v) is 9.83. The zero-order valence-corrected chi connectivity index (χ0v) is 16.7. The first-order valence-electron chi connectivity index (χ1n) is 8.16. The van der Waals surface area contributed by atoms with Gasteiger partial charge in [-0.05, 0) is 19.1 Å². The average molecular weight is 440 g/mol. The monoisotopic (exact) mass is 439 g/mol. The van der Waals surface area contributed by atoms with Crippen LogP contribution in [0.2, 0.25) is 0 Å². The molecule has 0 saturated heterocycles. The molecule has 2 heterocycles. The normalized spacial score (nSPS) is 10.7. The highest BCUT2D eigenvalue weighted by atomic mass is 79.9. The fourth-order valence-corrected chi connectivity index (χ4v) is 3.82. The van der Waals surface area contributed by atoms with Crippen molar-refractivity contribution in [3.8, 4) is 22.5 Å². The maximum Gasteiger partial charge on any atom is 0.263 e. The lowest BCUT2D eigenvalue weighted by atomic mass is 10.1. The number of aromatic nitrogens is 2. The van der Waals surface area contributed by atoms with Crippen LogP contribution in [0.5, 0.6) is 0 Å². The van der Waals surface area contributed by atoms with Crippen LogP contribution in [-0.2, 0) is 0 Å². The fraction of sp³-hybridized carbons (Fsp3) is 0.0500. The zero-order valence-electron chi connectivity index (χ0n) is 14.3. The molecule has 4 aromatic rings. The van der Waals surface area contributed by atoms with Gasteiger partial charge in [0.15, 0.2) is 5.13 Å². The van der Waals surface area contributed by atoms with Crippen molar-refractivity contribution >= 4 is 38.3 Å². The number of thiazole rings is 1. The first-order chi connectivity index (χ1) is 13.1. The van der Waals surface area contributed by atoms with E-state index in [2.05, 4.69) is 31.4 Å². The van der Waals surface area contributed by atoms with Gasteiger partial charge in [0.05, 0.1) is 5.69 Å². The lowest BCUT2D eigenvalue weighted by molar-refractivity contribution is 0.102. The molecule has 1 N–H and O–H groups in total. The van der Waals surface area contributed by atoms with Crippen LogP contribution in [0.15, 0.2) is 69.0 Å². The number of aryl methyl sites for hydroxylation is 1. The van der Waals surface area contributed by atoms with E-state index in [1.807, 2.05) is 60.0 Å². The SMILES string of the molecule is Cc1onc(-c2ccccc2)c1C(=O)Nc1nc(-c2cccc(Br)c2)cs1. The molecular weight excluding hydrogens is 426 g/mol. The third-order valence-corrected chi connectivity index (χ3v) is 5.23. The summed E-state index contributed by atoms with van der Waals surface area (Å²) < 4.78 is 6.24. The van der Waals surface area contributed by atoms with Crippen LogP contribution in [0.1, 0.15) is 16.1 Å². The maximum absolute atomic E-state index is 12.8. The Hall–Kier alpha value is -2.77. The molecule has 0 unspecified atom stereocenters. The Labute approximate surface area is 168 Å². The molecule has 1 amide bonds. The Balaban J connectivity index is 1.60. The van der Waals surface area contributed by atoms with E-state index in [0.717, 1.165) is 21.3 Å². The van der Waals surface area contributed by atoms with Crippen LogP contribution in [0, 0.1) is 6.92 Å². The topological polar surface area (TPSA) is 68.0 Å². The van der Waals surface area contributed by atoms with Crippen molar-refractivity contribution in [1.29, 1.82) is 0 Å². The molecule has 2 aromatic carbocycles. The van der Waals surface area contributed by atoms with Gasteiger partial charge in [0, 0.05) is 21.0 Å². The summed E-state index contributed by atoms with van der Waals surface area (Å²) in [4.78, 5) is 17.4. The number of anilines is 1. The number of carbonyl (C=O) groups is 1. The molecule has 27 heavy (non-hydrogen) atoms. The molecule has 0 radical (unpaired) electrons. The van der Waals surface area contributed by atoms with E-state index < -0.39 is 0 Å². The van der Waals surface area contributed by atoms with Crippen LogP contribution < -0.4 is 5.32 Å². The van der Waals surface area contributed by atoms with Gasteiger partial charge in [-0.2, -0.15) is 0 Å². The molecule has 7 heteroatoms. The number of hydrogen-bond acceptors (Lipinski definition) is 5. The molecule has 0 fully saturated rings. The largest absolute Gasteiger partial charge is 0.360 e. The Kier molecular flexibility index (Phi) is 4.87. The second-order valence-corrected chi connectivity index (χ2v) is 7.60. The Morgan fingerprint density at radius 1 is 1.11 bits per heavy atom. The Bertz CT molecular complexity index is 1110. The predicted octanol–water partition coefficient (Wildman–Crippen LogP) is 5.79. The minimum Gasteiger partial charge on any atom is -0.360 e. The van der Waals surface area contributed by atoms with E-state index in [1.165, 1.54) is 11.3 Å². The van der Waals surface area contributed by atoms with E-state index in [9.17, 15) is 4.79 Å². The highest BCUT2D eigenvalue weighted by Gasteiger charge is 2.22. The maximum atomic E-state index is 12.8. The van der Waals surface area contributed by atoms with Crippen molar-refractivity contribution < 1.29 is 9.32 Å². The molecule has 2 aromatic heterocycles. The summed E-state index contributed by atoms with van der Waals surface area (Å²) in [6.07, 6.45) is 0. The number of halogens is 1. The summed E-state index contributed by atoms with van der Waals surface area (Å²) in [7, 11) is 0. The molecule has 5 nitrogen and oxygen atoms in total. The third-order valence-electron chi connectivity index (χ3n) is 3.98. The third kappa shape index (κ3) is 3.70. The van der Waals surface area contributed by atoms with E-state index in [0.29, 0.717) is 22.1 Å². The standard InChI is InChI=1S/C20H14BrN3O2S/c1-12-17(18(24-26-12)13-6-3-2-4-7-13)19(25)23-20-22-16(11-27-20)14-8-5-9-15(21)10-14/h2-11H,1H3,(H,22,23,25). The number of rotatable bonds is 4. The van der Waals surface area contributed by atoms with E-state index in [1.54, 1.807) is 6.92 Å².